The first-order chi connectivity index (χ1) is 32.5. The number of rotatable bonds is 48. The Labute approximate surface area is 407 Å². The van der Waals surface area contributed by atoms with Gasteiger partial charge in [-0.3, -0.25) is 14.4 Å². The van der Waals surface area contributed by atoms with Gasteiger partial charge >= 0.3 is 17.9 Å². The third-order valence-electron chi connectivity index (χ3n) is 11.3. The minimum absolute atomic E-state index is 0.102. The van der Waals surface area contributed by atoms with Gasteiger partial charge in [-0.1, -0.05) is 201 Å². The molecule has 66 heavy (non-hydrogen) atoms. The van der Waals surface area contributed by atoms with Crippen molar-refractivity contribution in [3.63, 3.8) is 0 Å². The number of allylic oxidation sites excluding steroid dienone is 16. The highest BCUT2D eigenvalue weighted by molar-refractivity contribution is 5.71. The lowest BCUT2D eigenvalue weighted by atomic mass is 10.1. The molecule has 0 aromatic rings. The van der Waals surface area contributed by atoms with Crippen molar-refractivity contribution in [3.8, 4) is 0 Å². The molecule has 0 saturated carbocycles. The molecule has 0 bridgehead atoms. The molecule has 0 saturated heterocycles. The zero-order valence-electron chi connectivity index (χ0n) is 42.9. The summed E-state index contributed by atoms with van der Waals surface area (Å²) in [6.07, 6.45) is 71.0. The van der Waals surface area contributed by atoms with Crippen LogP contribution in [0.15, 0.2) is 97.2 Å². The monoisotopic (exact) mass is 917 g/mol. The fourth-order valence-electron chi connectivity index (χ4n) is 7.12. The van der Waals surface area contributed by atoms with Crippen molar-refractivity contribution in [2.24, 2.45) is 0 Å². The van der Waals surface area contributed by atoms with Crippen LogP contribution in [-0.4, -0.2) is 37.2 Å². The number of carbonyl (C=O) groups excluding carboxylic acids is 3. The van der Waals surface area contributed by atoms with E-state index < -0.39 is 6.10 Å². The van der Waals surface area contributed by atoms with Crippen molar-refractivity contribution < 1.29 is 28.6 Å². The summed E-state index contributed by atoms with van der Waals surface area (Å²) in [5.74, 6) is -0.960. The van der Waals surface area contributed by atoms with Crippen LogP contribution >= 0.6 is 0 Å². The van der Waals surface area contributed by atoms with Crippen molar-refractivity contribution in [2.75, 3.05) is 13.2 Å². The molecule has 0 radical (unpaired) electrons. The first-order valence-electron chi connectivity index (χ1n) is 27.2. The average Bonchev–Trinajstić information content (AvgIpc) is 3.31. The van der Waals surface area contributed by atoms with Crippen LogP contribution in [0, 0.1) is 0 Å². The maximum Gasteiger partial charge on any atom is 0.306 e. The number of carbonyl (C=O) groups is 3. The summed E-state index contributed by atoms with van der Waals surface area (Å²) in [6, 6.07) is 0. The standard InChI is InChI=1S/C60H100O6/c1-4-7-10-13-16-19-22-25-28-30-32-35-38-41-44-47-50-53-59(62)65-56-57(55-64-58(61)52-49-46-43-40-37-34-27-24-21-18-15-12-9-6-3)66-60(63)54-51-48-45-42-39-36-33-31-29-26-23-20-17-14-11-8-5-2/h15-20,24-29,32-33,35-36,57H,4-14,21-23,30-31,34,37-56H2,1-3H3/b18-15+,19-16+,20-17+,27-24+,28-25+,29-26+,35-32+,36-33+/t57-/m1/s1. The van der Waals surface area contributed by atoms with Gasteiger partial charge in [0.1, 0.15) is 13.2 Å². The second-order valence-electron chi connectivity index (χ2n) is 17.8. The third kappa shape index (κ3) is 51.3. The number of hydrogen-bond acceptors (Lipinski definition) is 6. The SMILES string of the molecule is CCCC/C=C/C/C=C/CCCCCCCC(=O)OC[C@H](COC(=O)CCCCCC/C=C/C/C=C/C/C=C/CCCCC)OC(=O)CCCCCC/C=C/C/C=C/C/C=C/CCCCC. The van der Waals surface area contributed by atoms with E-state index in [1.807, 2.05) is 0 Å². The molecule has 0 aliphatic rings. The lowest BCUT2D eigenvalue weighted by Gasteiger charge is -2.18. The summed E-state index contributed by atoms with van der Waals surface area (Å²) in [6.45, 7) is 6.49. The average molecular weight is 917 g/mol. The van der Waals surface area contributed by atoms with E-state index in [0.717, 1.165) is 135 Å². The Balaban J connectivity index is 4.50. The quantitative estimate of drug-likeness (QED) is 0.0262. The maximum atomic E-state index is 12.8. The minimum atomic E-state index is -0.806. The van der Waals surface area contributed by atoms with E-state index in [1.165, 1.54) is 70.6 Å². The van der Waals surface area contributed by atoms with Gasteiger partial charge in [0.2, 0.25) is 0 Å². The molecule has 6 nitrogen and oxygen atoms in total. The highest BCUT2D eigenvalue weighted by atomic mass is 16.6. The van der Waals surface area contributed by atoms with Crippen LogP contribution in [-0.2, 0) is 28.6 Å². The molecule has 0 aliphatic heterocycles. The maximum absolute atomic E-state index is 12.8. The molecule has 0 N–H and O–H groups in total. The van der Waals surface area contributed by atoms with Crippen LogP contribution in [0.25, 0.3) is 0 Å². The highest BCUT2D eigenvalue weighted by Crippen LogP contribution is 2.13. The van der Waals surface area contributed by atoms with Gasteiger partial charge < -0.3 is 14.2 Å². The number of ether oxygens (including phenoxy) is 3. The fraction of sp³-hybridized carbons (Fsp3) is 0.683. The molecule has 0 unspecified atom stereocenters. The fourth-order valence-corrected chi connectivity index (χ4v) is 7.12. The summed E-state index contributed by atoms with van der Waals surface area (Å²) in [4.78, 5) is 38.1. The Morgan fingerprint density at radius 3 is 0.894 bits per heavy atom. The molecule has 0 heterocycles. The van der Waals surface area contributed by atoms with E-state index in [1.54, 1.807) is 0 Å². The molecule has 0 aliphatic carbocycles. The van der Waals surface area contributed by atoms with Crippen LogP contribution < -0.4 is 0 Å². The van der Waals surface area contributed by atoms with Gasteiger partial charge in [0, 0.05) is 19.3 Å². The molecule has 0 rings (SSSR count). The summed E-state index contributed by atoms with van der Waals surface area (Å²) in [5, 5.41) is 0. The summed E-state index contributed by atoms with van der Waals surface area (Å²) in [7, 11) is 0. The van der Waals surface area contributed by atoms with Crippen molar-refractivity contribution in [1.29, 1.82) is 0 Å². The second-order valence-corrected chi connectivity index (χ2v) is 17.8. The number of unbranched alkanes of at least 4 members (excludes halogenated alkanes) is 21. The van der Waals surface area contributed by atoms with Gasteiger partial charge in [0.05, 0.1) is 0 Å². The predicted molar refractivity (Wildman–Crippen MR) is 284 cm³/mol. The smallest absolute Gasteiger partial charge is 0.306 e. The Bertz CT molecular complexity index is 1330. The van der Waals surface area contributed by atoms with Crippen LogP contribution in [0.1, 0.15) is 245 Å². The molecule has 6 heteroatoms. The molecule has 0 amide bonds. The summed E-state index contributed by atoms with van der Waals surface area (Å²) in [5.41, 5.74) is 0. The molecule has 0 aromatic carbocycles. The van der Waals surface area contributed by atoms with E-state index in [-0.39, 0.29) is 31.1 Å². The van der Waals surface area contributed by atoms with Crippen molar-refractivity contribution in [2.45, 2.75) is 252 Å². The Kier molecular flexibility index (Phi) is 50.9. The normalized spacial score (nSPS) is 12.8. The highest BCUT2D eigenvalue weighted by Gasteiger charge is 2.19. The molecular weight excluding hydrogens is 817 g/mol. The molecule has 376 valence electrons. The number of esters is 3. The van der Waals surface area contributed by atoms with E-state index in [9.17, 15) is 14.4 Å². The van der Waals surface area contributed by atoms with E-state index in [0.29, 0.717) is 19.3 Å². The molecule has 1 atom stereocenters. The zero-order chi connectivity index (χ0) is 47.9. The topological polar surface area (TPSA) is 78.9 Å². The lowest BCUT2D eigenvalue weighted by molar-refractivity contribution is -0.167. The Hall–Kier alpha value is -3.67. The van der Waals surface area contributed by atoms with Crippen LogP contribution in [0.5, 0.6) is 0 Å². The van der Waals surface area contributed by atoms with Gasteiger partial charge in [0.25, 0.3) is 0 Å². The van der Waals surface area contributed by atoms with Crippen molar-refractivity contribution >= 4 is 17.9 Å². The van der Waals surface area contributed by atoms with E-state index in [4.69, 9.17) is 14.2 Å². The van der Waals surface area contributed by atoms with Crippen molar-refractivity contribution in [1.82, 2.24) is 0 Å². The van der Waals surface area contributed by atoms with Gasteiger partial charge in [-0.2, -0.15) is 0 Å². The largest absolute Gasteiger partial charge is 0.462 e. The lowest BCUT2D eigenvalue weighted by Crippen LogP contribution is -2.30. The van der Waals surface area contributed by atoms with Gasteiger partial charge in [-0.15, -0.1) is 0 Å². The number of hydrogen-bond donors (Lipinski definition) is 0. The van der Waals surface area contributed by atoms with Gasteiger partial charge in [-0.25, -0.2) is 0 Å². The van der Waals surface area contributed by atoms with Crippen LogP contribution in [0.4, 0.5) is 0 Å². The first kappa shape index (κ1) is 62.3. The molecule has 0 spiro atoms. The van der Waals surface area contributed by atoms with E-state index in [2.05, 4.69) is 118 Å². The van der Waals surface area contributed by atoms with Crippen molar-refractivity contribution in [3.05, 3.63) is 97.2 Å². The summed E-state index contributed by atoms with van der Waals surface area (Å²) >= 11 is 0. The Morgan fingerprint density at radius 1 is 0.303 bits per heavy atom. The molecular formula is C60H100O6. The van der Waals surface area contributed by atoms with Crippen LogP contribution in [0.3, 0.4) is 0 Å². The molecule has 0 aromatic heterocycles. The first-order valence-corrected chi connectivity index (χ1v) is 27.2. The predicted octanol–water partition coefficient (Wildman–Crippen LogP) is 18.1. The second kappa shape index (κ2) is 53.9. The van der Waals surface area contributed by atoms with Gasteiger partial charge in [0.15, 0.2) is 6.10 Å². The third-order valence-corrected chi connectivity index (χ3v) is 11.3. The van der Waals surface area contributed by atoms with Gasteiger partial charge in [-0.05, 0) is 122 Å². The van der Waals surface area contributed by atoms with Crippen LogP contribution in [0.2, 0.25) is 0 Å². The zero-order valence-corrected chi connectivity index (χ0v) is 42.9. The summed E-state index contributed by atoms with van der Waals surface area (Å²) < 4.78 is 16.8. The Morgan fingerprint density at radius 2 is 0.561 bits per heavy atom. The minimum Gasteiger partial charge on any atom is -0.462 e. The van der Waals surface area contributed by atoms with E-state index >= 15 is 0 Å². The molecule has 0 fully saturated rings.